The van der Waals surface area contributed by atoms with Gasteiger partial charge in [-0.1, -0.05) is 13.8 Å². The molecule has 0 aromatic carbocycles. The average Bonchev–Trinajstić information content (AvgIpc) is 3.03. The number of aromatic nitrogens is 1. The monoisotopic (exact) mass is 281 g/mol. The van der Waals surface area contributed by atoms with Gasteiger partial charge in [0.1, 0.15) is 5.01 Å². The summed E-state index contributed by atoms with van der Waals surface area (Å²) in [7, 11) is 0. The second kappa shape index (κ2) is 5.90. The Morgan fingerprint density at radius 3 is 2.79 bits per heavy atom. The number of hydrogen-bond donors (Lipinski definition) is 2. The molecule has 0 bridgehead atoms. The molecule has 0 saturated heterocycles. The molecule has 19 heavy (non-hydrogen) atoms. The third kappa shape index (κ3) is 3.69. The van der Waals surface area contributed by atoms with Crippen LogP contribution in [0, 0.1) is 5.41 Å². The highest BCUT2D eigenvalue weighted by Gasteiger charge is 2.40. The van der Waals surface area contributed by atoms with E-state index in [-0.39, 0.29) is 12.1 Å². The lowest BCUT2D eigenvalue weighted by molar-refractivity contribution is 0.235. The Hall–Kier alpha value is -1.10. The number of thiazole rings is 1. The van der Waals surface area contributed by atoms with Crippen LogP contribution in [-0.2, 0) is 6.42 Å². The molecule has 1 aromatic rings. The molecule has 1 aliphatic carbocycles. The van der Waals surface area contributed by atoms with Crippen molar-refractivity contribution in [2.45, 2.75) is 52.5 Å². The predicted octanol–water partition coefficient (Wildman–Crippen LogP) is 3.26. The lowest BCUT2D eigenvalue weighted by atomic mass is 10.0. The van der Waals surface area contributed by atoms with E-state index in [1.165, 1.54) is 17.7 Å². The number of nitrogens with one attached hydrogen (secondary N) is 2. The molecule has 0 spiro atoms. The maximum Gasteiger partial charge on any atom is 0.315 e. The Bertz CT molecular complexity index is 440. The van der Waals surface area contributed by atoms with E-state index >= 15 is 0 Å². The SMILES string of the molecule is CCc1cnc([C@H](C)NC(=O)NCC2(CC)CC2)s1. The quantitative estimate of drug-likeness (QED) is 0.841. The van der Waals surface area contributed by atoms with E-state index in [9.17, 15) is 4.79 Å². The number of hydrogen-bond acceptors (Lipinski definition) is 3. The van der Waals surface area contributed by atoms with Crippen molar-refractivity contribution < 1.29 is 4.79 Å². The lowest BCUT2D eigenvalue weighted by Crippen LogP contribution is -2.39. The largest absolute Gasteiger partial charge is 0.338 e. The smallest absolute Gasteiger partial charge is 0.315 e. The average molecular weight is 281 g/mol. The standard InChI is InChI=1S/C14H23N3OS/c1-4-11-8-15-12(19-11)10(3)17-13(18)16-9-14(5-2)6-7-14/h8,10H,4-7,9H2,1-3H3,(H2,16,17,18)/t10-/m0/s1. The number of rotatable bonds is 6. The van der Waals surface area contributed by atoms with Crippen LogP contribution < -0.4 is 10.6 Å². The topological polar surface area (TPSA) is 54.0 Å². The van der Waals surface area contributed by atoms with Gasteiger partial charge < -0.3 is 10.6 Å². The summed E-state index contributed by atoms with van der Waals surface area (Å²) in [6.07, 6.45) is 6.52. The number of aryl methyl sites for hydroxylation is 1. The van der Waals surface area contributed by atoms with Crippen molar-refractivity contribution in [1.29, 1.82) is 0 Å². The number of nitrogens with zero attached hydrogens (tertiary/aromatic N) is 1. The van der Waals surface area contributed by atoms with Gasteiger partial charge in [-0.2, -0.15) is 0 Å². The number of amides is 2. The van der Waals surface area contributed by atoms with Crippen LogP contribution in [0.1, 0.15) is 56.0 Å². The highest BCUT2D eigenvalue weighted by molar-refractivity contribution is 7.11. The highest BCUT2D eigenvalue weighted by atomic mass is 32.1. The summed E-state index contributed by atoms with van der Waals surface area (Å²) in [4.78, 5) is 17.5. The second-order valence-corrected chi connectivity index (χ2v) is 6.57. The molecule has 0 unspecified atom stereocenters. The van der Waals surface area contributed by atoms with Crippen LogP contribution >= 0.6 is 11.3 Å². The Morgan fingerprint density at radius 2 is 2.26 bits per heavy atom. The number of urea groups is 1. The van der Waals surface area contributed by atoms with E-state index in [1.807, 2.05) is 13.1 Å². The van der Waals surface area contributed by atoms with Crippen LogP contribution in [0.15, 0.2) is 6.20 Å². The first kappa shape index (κ1) is 14.3. The fraction of sp³-hybridized carbons (Fsp3) is 0.714. The molecule has 106 valence electrons. The van der Waals surface area contributed by atoms with Crippen molar-refractivity contribution in [2.75, 3.05) is 6.54 Å². The molecule has 2 N–H and O–H groups in total. The van der Waals surface area contributed by atoms with Gasteiger partial charge in [-0.3, -0.25) is 0 Å². The van der Waals surface area contributed by atoms with Crippen molar-refractivity contribution in [3.05, 3.63) is 16.1 Å². The van der Waals surface area contributed by atoms with Gasteiger partial charge in [0.05, 0.1) is 6.04 Å². The summed E-state index contributed by atoms with van der Waals surface area (Å²) in [5.74, 6) is 0. The zero-order chi connectivity index (χ0) is 13.9. The molecular weight excluding hydrogens is 258 g/mol. The van der Waals surface area contributed by atoms with E-state index in [2.05, 4.69) is 29.5 Å². The van der Waals surface area contributed by atoms with Crippen LogP contribution in [0.4, 0.5) is 4.79 Å². The zero-order valence-electron chi connectivity index (χ0n) is 12.0. The molecule has 1 heterocycles. The fourth-order valence-electron chi connectivity index (χ4n) is 2.10. The summed E-state index contributed by atoms with van der Waals surface area (Å²) < 4.78 is 0. The van der Waals surface area contributed by atoms with E-state index in [4.69, 9.17) is 0 Å². The molecule has 2 amide bonds. The molecule has 2 rings (SSSR count). The fourth-order valence-corrected chi connectivity index (χ4v) is 2.96. The van der Waals surface area contributed by atoms with Crippen LogP contribution in [-0.4, -0.2) is 17.6 Å². The van der Waals surface area contributed by atoms with Crippen LogP contribution in [0.3, 0.4) is 0 Å². The van der Waals surface area contributed by atoms with Gasteiger partial charge in [-0.15, -0.1) is 11.3 Å². The predicted molar refractivity (Wildman–Crippen MR) is 78.4 cm³/mol. The van der Waals surface area contributed by atoms with Crippen molar-refractivity contribution >= 4 is 17.4 Å². The molecule has 1 atom stereocenters. The molecule has 4 nitrogen and oxygen atoms in total. The minimum absolute atomic E-state index is 0.0259. The second-order valence-electron chi connectivity index (χ2n) is 5.42. The molecule has 0 radical (unpaired) electrons. The third-order valence-corrected chi connectivity index (χ3v) is 5.29. The molecule has 5 heteroatoms. The third-order valence-electron chi connectivity index (χ3n) is 3.97. The summed E-state index contributed by atoms with van der Waals surface area (Å²) in [5.41, 5.74) is 0.386. The first-order valence-corrected chi connectivity index (χ1v) is 7.89. The molecule has 1 aliphatic rings. The minimum Gasteiger partial charge on any atom is -0.338 e. The van der Waals surface area contributed by atoms with Crippen LogP contribution in [0.5, 0.6) is 0 Å². The number of carbonyl (C=O) groups is 1. The van der Waals surface area contributed by atoms with Gasteiger partial charge in [0, 0.05) is 17.6 Å². The maximum absolute atomic E-state index is 11.8. The molecular formula is C14H23N3OS. The molecule has 1 saturated carbocycles. The van der Waals surface area contributed by atoms with E-state index in [0.29, 0.717) is 5.41 Å². The van der Waals surface area contributed by atoms with Crippen LogP contribution in [0.2, 0.25) is 0 Å². The van der Waals surface area contributed by atoms with Gasteiger partial charge in [-0.05, 0) is 38.0 Å². The maximum atomic E-state index is 11.8. The Kier molecular flexibility index (Phi) is 4.45. The van der Waals surface area contributed by atoms with Gasteiger partial charge in [0.2, 0.25) is 0 Å². The molecule has 1 aromatic heterocycles. The van der Waals surface area contributed by atoms with E-state index in [0.717, 1.165) is 24.4 Å². The Morgan fingerprint density at radius 1 is 1.53 bits per heavy atom. The normalized spacial score (nSPS) is 17.8. The highest BCUT2D eigenvalue weighted by Crippen LogP contribution is 2.47. The summed E-state index contributed by atoms with van der Waals surface area (Å²) in [6.45, 7) is 7.07. The van der Waals surface area contributed by atoms with Gasteiger partial charge in [0.25, 0.3) is 0 Å². The van der Waals surface area contributed by atoms with Gasteiger partial charge in [0.15, 0.2) is 0 Å². The number of carbonyl (C=O) groups excluding carboxylic acids is 1. The van der Waals surface area contributed by atoms with Crippen molar-refractivity contribution in [1.82, 2.24) is 15.6 Å². The lowest BCUT2D eigenvalue weighted by Gasteiger charge is -2.16. The van der Waals surface area contributed by atoms with Crippen LogP contribution in [0.25, 0.3) is 0 Å². The zero-order valence-corrected chi connectivity index (χ0v) is 12.8. The first-order chi connectivity index (χ1) is 9.08. The van der Waals surface area contributed by atoms with Crippen molar-refractivity contribution in [3.63, 3.8) is 0 Å². The summed E-state index contributed by atoms with van der Waals surface area (Å²) in [6, 6.07) is -0.109. The van der Waals surface area contributed by atoms with E-state index in [1.54, 1.807) is 11.3 Å². The Balaban J connectivity index is 1.78. The first-order valence-electron chi connectivity index (χ1n) is 7.07. The minimum atomic E-state index is -0.0829. The summed E-state index contributed by atoms with van der Waals surface area (Å²) in [5, 5.41) is 6.92. The van der Waals surface area contributed by atoms with Crippen molar-refractivity contribution in [2.24, 2.45) is 5.41 Å². The van der Waals surface area contributed by atoms with Gasteiger partial charge in [-0.25, -0.2) is 9.78 Å². The Labute approximate surface area is 119 Å². The van der Waals surface area contributed by atoms with E-state index < -0.39 is 0 Å². The van der Waals surface area contributed by atoms with Crippen molar-refractivity contribution in [3.8, 4) is 0 Å². The summed E-state index contributed by atoms with van der Waals surface area (Å²) >= 11 is 1.67. The molecule has 1 fully saturated rings. The van der Waals surface area contributed by atoms with Gasteiger partial charge >= 0.3 is 6.03 Å². The molecule has 0 aliphatic heterocycles.